The van der Waals surface area contributed by atoms with E-state index in [-0.39, 0.29) is 28.3 Å². The molecule has 0 saturated heterocycles. The summed E-state index contributed by atoms with van der Waals surface area (Å²) >= 11 is 0. The number of nitrogens with zero attached hydrogens (tertiary/aromatic N) is 1. The molecule has 8 heteroatoms. The Balaban J connectivity index is 1.74. The first-order chi connectivity index (χ1) is 14.3. The zero-order chi connectivity index (χ0) is 21.5. The summed E-state index contributed by atoms with van der Waals surface area (Å²) in [7, 11) is -4.28. The SMILES string of the molecule is O=C(C1CC1c1c(F)cccc1F)N(c1ccc(O)cc1)S(=O)(=O)c1ccccc1. The fourth-order valence-corrected chi connectivity index (χ4v) is 4.96. The molecule has 5 nitrogen and oxygen atoms in total. The van der Waals surface area contributed by atoms with Gasteiger partial charge in [-0.25, -0.2) is 21.5 Å². The van der Waals surface area contributed by atoms with Gasteiger partial charge in [0, 0.05) is 17.4 Å². The normalized spacial score (nSPS) is 18.1. The lowest BCUT2D eigenvalue weighted by molar-refractivity contribution is -0.118. The Labute approximate surface area is 172 Å². The first-order valence-electron chi connectivity index (χ1n) is 9.18. The fourth-order valence-electron chi connectivity index (χ4n) is 3.47. The van der Waals surface area contributed by atoms with E-state index in [1.807, 2.05) is 0 Å². The first kappa shape index (κ1) is 20.0. The van der Waals surface area contributed by atoms with Crippen molar-refractivity contribution in [2.45, 2.75) is 17.2 Å². The number of anilines is 1. The van der Waals surface area contributed by atoms with Gasteiger partial charge in [0.05, 0.1) is 10.6 Å². The Morgan fingerprint density at radius 3 is 2.10 bits per heavy atom. The third-order valence-electron chi connectivity index (χ3n) is 5.04. The summed E-state index contributed by atoms with van der Waals surface area (Å²) in [6.07, 6.45) is 0.135. The van der Waals surface area contributed by atoms with Crippen molar-refractivity contribution in [2.75, 3.05) is 4.31 Å². The average Bonchev–Trinajstić information content (AvgIpc) is 3.50. The Morgan fingerprint density at radius 1 is 0.900 bits per heavy atom. The number of aromatic hydroxyl groups is 1. The third kappa shape index (κ3) is 3.54. The largest absolute Gasteiger partial charge is 0.508 e. The van der Waals surface area contributed by atoms with Crippen molar-refractivity contribution in [1.82, 2.24) is 0 Å². The van der Waals surface area contributed by atoms with E-state index in [0.717, 1.165) is 12.1 Å². The van der Waals surface area contributed by atoms with Gasteiger partial charge in [0.15, 0.2) is 0 Å². The summed E-state index contributed by atoms with van der Waals surface area (Å²) < 4.78 is 55.4. The van der Waals surface area contributed by atoms with Crippen LogP contribution in [0.3, 0.4) is 0 Å². The number of rotatable bonds is 5. The minimum Gasteiger partial charge on any atom is -0.508 e. The zero-order valence-electron chi connectivity index (χ0n) is 15.6. The maximum Gasteiger partial charge on any atom is 0.270 e. The van der Waals surface area contributed by atoms with E-state index in [1.165, 1.54) is 54.6 Å². The molecule has 1 amide bonds. The van der Waals surface area contributed by atoms with E-state index in [9.17, 15) is 27.1 Å². The fraction of sp³-hybridized carbons (Fsp3) is 0.136. The molecule has 30 heavy (non-hydrogen) atoms. The molecule has 0 bridgehead atoms. The van der Waals surface area contributed by atoms with Crippen molar-refractivity contribution >= 4 is 21.6 Å². The molecule has 0 radical (unpaired) electrons. The van der Waals surface area contributed by atoms with Gasteiger partial charge in [0.25, 0.3) is 10.0 Å². The highest BCUT2D eigenvalue weighted by Gasteiger charge is 2.50. The number of carbonyl (C=O) groups excluding carboxylic acids is 1. The van der Waals surface area contributed by atoms with Crippen LogP contribution in [-0.2, 0) is 14.8 Å². The Bertz CT molecular complexity index is 1180. The highest BCUT2D eigenvalue weighted by atomic mass is 32.2. The molecule has 1 aliphatic carbocycles. The second-order valence-corrected chi connectivity index (χ2v) is 8.81. The molecule has 0 aromatic heterocycles. The van der Waals surface area contributed by atoms with E-state index < -0.39 is 39.4 Å². The predicted octanol–water partition coefficient (Wildman–Crippen LogP) is 4.20. The standard InChI is InChI=1S/C22H17F2NO4S/c23-19-7-4-8-20(24)21(19)17-13-18(17)22(27)25(14-9-11-15(26)12-10-14)30(28,29)16-5-2-1-3-6-16/h1-12,17-18,26H,13H2. The predicted molar refractivity (Wildman–Crippen MR) is 106 cm³/mol. The molecule has 0 heterocycles. The maximum atomic E-state index is 14.1. The van der Waals surface area contributed by atoms with Gasteiger partial charge in [-0.05, 0) is 55.0 Å². The van der Waals surface area contributed by atoms with Crippen molar-refractivity contribution in [2.24, 2.45) is 5.92 Å². The smallest absolute Gasteiger partial charge is 0.270 e. The first-order valence-corrected chi connectivity index (χ1v) is 10.6. The van der Waals surface area contributed by atoms with Gasteiger partial charge in [-0.15, -0.1) is 0 Å². The van der Waals surface area contributed by atoms with Gasteiger partial charge in [-0.2, -0.15) is 0 Å². The minimum atomic E-state index is -4.28. The number of hydrogen-bond donors (Lipinski definition) is 1. The molecule has 1 N–H and O–H groups in total. The van der Waals surface area contributed by atoms with Crippen molar-refractivity contribution < 1.29 is 27.1 Å². The topological polar surface area (TPSA) is 74.7 Å². The lowest BCUT2D eigenvalue weighted by Crippen LogP contribution is -2.38. The summed E-state index contributed by atoms with van der Waals surface area (Å²) in [5.41, 5.74) is -0.181. The molecule has 0 spiro atoms. The molecule has 2 atom stereocenters. The molecule has 1 aliphatic rings. The van der Waals surface area contributed by atoms with E-state index >= 15 is 0 Å². The summed E-state index contributed by atoms with van der Waals surface area (Å²) in [5, 5.41) is 9.53. The van der Waals surface area contributed by atoms with E-state index in [4.69, 9.17) is 0 Å². The molecular formula is C22H17F2NO4S. The maximum absolute atomic E-state index is 14.1. The number of hydrogen-bond acceptors (Lipinski definition) is 4. The van der Waals surface area contributed by atoms with E-state index in [2.05, 4.69) is 0 Å². The molecular weight excluding hydrogens is 412 g/mol. The van der Waals surface area contributed by atoms with Crippen LogP contribution in [0.1, 0.15) is 17.9 Å². The van der Waals surface area contributed by atoms with Crippen molar-refractivity contribution in [3.8, 4) is 5.75 Å². The molecule has 0 aliphatic heterocycles. The number of benzene rings is 3. The van der Waals surface area contributed by atoms with Gasteiger partial charge in [-0.1, -0.05) is 24.3 Å². The monoisotopic (exact) mass is 429 g/mol. The number of phenols is 1. The third-order valence-corrected chi connectivity index (χ3v) is 6.78. The molecule has 3 aromatic carbocycles. The van der Waals surface area contributed by atoms with Crippen LogP contribution in [-0.4, -0.2) is 19.4 Å². The number of sulfonamides is 1. The van der Waals surface area contributed by atoms with E-state index in [1.54, 1.807) is 6.07 Å². The zero-order valence-corrected chi connectivity index (χ0v) is 16.4. The van der Waals surface area contributed by atoms with Crippen LogP contribution in [0.25, 0.3) is 0 Å². The molecule has 4 rings (SSSR count). The van der Waals surface area contributed by atoms with Gasteiger partial charge in [-0.3, -0.25) is 4.79 Å². The lowest BCUT2D eigenvalue weighted by atomic mass is 10.1. The van der Waals surface area contributed by atoms with E-state index in [0.29, 0.717) is 4.31 Å². The quantitative estimate of drug-likeness (QED) is 0.660. The van der Waals surface area contributed by atoms with Crippen LogP contribution in [0.2, 0.25) is 0 Å². The Morgan fingerprint density at radius 2 is 1.50 bits per heavy atom. The van der Waals surface area contributed by atoms with Gasteiger partial charge in [0.2, 0.25) is 5.91 Å². The second-order valence-electron chi connectivity index (χ2n) is 7.02. The highest BCUT2D eigenvalue weighted by molar-refractivity contribution is 7.93. The minimum absolute atomic E-state index is 0.0290. The molecule has 3 aromatic rings. The van der Waals surface area contributed by atoms with Crippen LogP contribution in [0.4, 0.5) is 14.5 Å². The van der Waals surface area contributed by atoms with Crippen LogP contribution in [0.5, 0.6) is 5.75 Å². The summed E-state index contributed by atoms with van der Waals surface area (Å²) in [5.74, 6) is -4.04. The summed E-state index contributed by atoms with van der Waals surface area (Å²) in [6, 6.07) is 16.0. The molecule has 1 saturated carbocycles. The van der Waals surface area contributed by atoms with Crippen LogP contribution >= 0.6 is 0 Å². The number of phenolic OH excluding ortho intramolecular Hbond substituents is 1. The highest BCUT2D eigenvalue weighted by Crippen LogP contribution is 2.51. The van der Waals surface area contributed by atoms with Crippen molar-refractivity contribution in [3.63, 3.8) is 0 Å². The second kappa shape index (κ2) is 7.53. The molecule has 154 valence electrons. The van der Waals surface area contributed by atoms with Gasteiger partial charge < -0.3 is 5.11 Å². The van der Waals surface area contributed by atoms with Crippen molar-refractivity contribution in [3.05, 3.63) is 90.0 Å². The summed E-state index contributed by atoms with van der Waals surface area (Å²) in [6.45, 7) is 0. The summed E-state index contributed by atoms with van der Waals surface area (Å²) in [4.78, 5) is 13.2. The Kier molecular flexibility index (Phi) is 5.03. The van der Waals surface area contributed by atoms with Crippen LogP contribution in [0.15, 0.2) is 77.7 Å². The van der Waals surface area contributed by atoms with Gasteiger partial charge >= 0.3 is 0 Å². The number of carbonyl (C=O) groups is 1. The average molecular weight is 429 g/mol. The Hall–Kier alpha value is -3.26. The lowest BCUT2D eigenvalue weighted by Gasteiger charge is -2.23. The van der Waals surface area contributed by atoms with Crippen LogP contribution in [0, 0.1) is 17.6 Å². The molecule has 2 unspecified atom stereocenters. The van der Waals surface area contributed by atoms with Gasteiger partial charge in [0.1, 0.15) is 17.4 Å². The van der Waals surface area contributed by atoms with Crippen molar-refractivity contribution in [1.29, 1.82) is 0 Å². The molecule has 1 fully saturated rings. The van der Waals surface area contributed by atoms with Crippen LogP contribution < -0.4 is 4.31 Å². The number of amides is 1. The number of halogens is 2.